The van der Waals surface area contributed by atoms with Crippen molar-refractivity contribution in [2.75, 3.05) is 32.6 Å². The number of hydrogen-bond acceptors (Lipinski definition) is 8. The average Bonchev–Trinajstić information content (AvgIpc) is 3.61. The van der Waals surface area contributed by atoms with Gasteiger partial charge in [0.15, 0.2) is 5.82 Å². The third kappa shape index (κ3) is 6.22. The van der Waals surface area contributed by atoms with E-state index in [4.69, 9.17) is 9.72 Å². The van der Waals surface area contributed by atoms with E-state index in [1.165, 1.54) is 0 Å². The Morgan fingerprint density at radius 3 is 2.51 bits per heavy atom. The van der Waals surface area contributed by atoms with Crippen molar-refractivity contribution in [1.82, 2.24) is 30.0 Å². The molecular weight excluding hydrogens is 528 g/mol. The van der Waals surface area contributed by atoms with Crippen LogP contribution in [-0.2, 0) is 13.1 Å². The zero-order chi connectivity index (χ0) is 28.6. The number of aliphatic hydroxyl groups is 1. The number of halogens is 2. The van der Waals surface area contributed by atoms with E-state index in [1.54, 1.807) is 12.3 Å². The minimum atomic E-state index is -2.66. The fourth-order valence-electron chi connectivity index (χ4n) is 5.29. The van der Waals surface area contributed by atoms with Gasteiger partial charge in [-0.15, -0.1) is 0 Å². The summed E-state index contributed by atoms with van der Waals surface area (Å²) in [4.78, 5) is 13.4. The van der Waals surface area contributed by atoms with Crippen molar-refractivity contribution < 1.29 is 18.6 Å². The maximum atomic E-state index is 13.4. The minimum absolute atomic E-state index is 0.261. The Morgan fingerprint density at radius 1 is 1.05 bits per heavy atom. The van der Waals surface area contributed by atoms with Crippen molar-refractivity contribution >= 4 is 11.5 Å². The van der Waals surface area contributed by atoms with E-state index >= 15 is 0 Å². The Hall–Kier alpha value is -3.93. The summed E-state index contributed by atoms with van der Waals surface area (Å²) < 4.78 is 32.7. The molecule has 1 atom stereocenters. The van der Waals surface area contributed by atoms with Crippen molar-refractivity contribution in [3.8, 4) is 28.4 Å². The number of anilines is 2. The Morgan fingerprint density at radius 2 is 1.80 bits per heavy atom. The van der Waals surface area contributed by atoms with Crippen molar-refractivity contribution in [3.05, 3.63) is 72.1 Å². The molecule has 0 bridgehead atoms. The van der Waals surface area contributed by atoms with Gasteiger partial charge in [-0.25, -0.2) is 13.8 Å². The number of rotatable bonds is 10. The summed E-state index contributed by atoms with van der Waals surface area (Å²) in [5.74, 6) is -1.51. The molecule has 3 N–H and O–H groups in total. The van der Waals surface area contributed by atoms with Crippen LogP contribution in [0, 0.1) is 5.92 Å². The van der Waals surface area contributed by atoms with Crippen molar-refractivity contribution in [2.45, 2.75) is 38.1 Å². The zero-order valence-corrected chi connectivity index (χ0v) is 23.0. The molecule has 0 spiro atoms. The van der Waals surface area contributed by atoms with Gasteiger partial charge in [-0.1, -0.05) is 24.3 Å². The maximum Gasteiger partial charge on any atom is 0.249 e. The molecule has 1 unspecified atom stereocenters. The quantitative estimate of drug-likeness (QED) is 0.251. The topological polar surface area (TPSA) is 102 Å². The van der Waals surface area contributed by atoms with Gasteiger partial charge in [-0.2, -0.15) is 10.1 Å². The van der Waals surface area contributed by atoms with Gasteiger partial charge >= 0.3 is 0 Å². The first-order valence-corrected chi connectivity index (χ1v) is 13.7. The van der Waals surface area contributed by atoms with E-state index in [2.05, 4.69) is 20.5 Å². The summed E-state index contributed by atoms with van der Waals surface area (Å²) in [5, 5.41) is 20.9. The molecule has 0 radical (unpaired) electrons. The lowest BCUT2D eigenvalue weighted by Gasteiger charge is -2.40. The number of nitrogens with one attached hydrogen (secondary N) is 2. The van der Waals surface area contributed by atoms with Gasteiger partial charge in [0.25, 0.3) is 0 Å². The highest BCUT2D eigenvalue weighted by molar-refractivity contribution is 5.68. The average molecular weight is 562 g/mol. The molecule has 2 aliphatic rings. The monoisotopic (exact) mass is 561 g/mol. The molecule has 3 heterocycles. The van der Waals surface area contributed by atoms with E-state index in [9.17, 15) is 13.9 Å². The predicted octanol–water partition coefficient (Wildman–Crippen LogP) is 4.90. The van der Waals surface area contributed by atoms with E-state index in [1.807, 2.05) is 72.6 Å². The molecule has 0 amide bonds. The van der Waals surface area contributed by atoms with Gasteiger partial charge in [-0.3, -0.25) is 10.00 Å². The van der Waals surface area contributed by atoms with Crippen molar-refractivity contribution in [2.24, 2.45) is 5.92 Å². The summed E-state index contributed by atoms with van der Waals surface area (Å²) >= 11 is 0. The van der Waals surface area contributed by atoms with Gasteiger partial charge in [-0.05, 0) is 49.0 Å². The van der Waals surface area contributed by atoms with E-state index < -0.39 is 18.1 Å². The van der Waals surface area contributed by atoms with E-state index in [0.29, 0.717) is 37.2 Å². The second kappa shape index (κ2) is 11.2. The standard InChI is InChI=1S/C30H33F2N7O2/c1-38(2)9-10-41-27-12-26(35-25-7-5-19(6-8-25)24-15-33-34-16-24)36-28(37-27)20-3-4-21-17-39(18-22(21)11-20)29(40)23-13-30(31,32)14-23/h3-8,11-12,15-16,23,29,40H,9-10,13-14,17-18H2,1-2H3,(H,33,34)(H,35,36,37). The molecule has 2 aromatic heterocycles. The number of aromatic nitrogens is 4. The molecule has 1 fully saturated rings. The second-order valence-electron chi connectivity index (χ2n) is 11.1. The molecule has 11 heteroatoms. The van der Waals surface area contributed by atoms with Crippen LogP contribution in [0.2, 0.25) is 0 Å². The molecule has 2 aromatic carbocycles. The lowest BCUT2D eigenvalue weighted by atomic mass is 9.79. The van der Waals surface area contributed by atoms with Crippen molar-refractivity contribution in [1.29, 1.82) is 0 Å². The van der Waals surface area contributed by atoms with Gasteiger partial charge in [0.05, 0.1) is 6.20 Å². The molecular formula is C30H33F2N7O2. The van der Waals surface area contributed by atoms with Crippen LogP contribution in [0.1, 0.15) is 24.0 Å². The first-order valence-electron chi connectivity index (χ1n) is 13.7. The number of fused-ring (bicyclic) bond motifs is 1. The maximum absolute atomic E-state index is 13.4. The summed E-state index contributed by atoms with van der Waals surface area (Å²) in [5.41, 5.74) is 5.82. The SMILES string of the molecule is CN(C)CCOc1cc(Nc2ccc(-c3cn[nH]c3)cc2)nc(-c2ccc3c(c2)CN(C(O)C2CC(F)(F)C2)C3)n1. The number of aromatic amines is 1. The Labute approximate surface area is 237 Å². The molecule has 9 nitrogen and oxygen atoms in total. The molecule has 1 saturated carbocycles. The van der Waals surface area contributed by atoms with Gasteiger partial charge in [0.1, 0.15) is 18.7 Å². The summed E-state index contributed by atoms with van der Waals surface area (Å²) in [6.45, 7) is 2.22. The van der Waals surface area contributed by atoms with E-state index in [-0.39, 0.29) is 12.8 Å². The molecule has 1 aliphatic carbocycles. The molecule has 6 rings (SSSR count). The lowest BCUT2D eigenvalue weighted by Crippen LogP contribution is -2.48. The number of H-pyrrole nitrogens is 1. The summed E-state index contributed by atoms with van der Waals surface area (Å²) in [6.07, 6.45) is 2.22. The fourth-order valence-corrected chi connectivity index (χ4v) is 5.29. The number of hydrogen-bond donors (Lipinski definition) is 3. The Bertz CT molecular complexity index is 1490. The number of aliphatic hydroxyl groups excluding tert-OH is 1. The predicted molar refractivity (Wildman–Crippen MR) is 152 cm³/mol. The van der Waals surface area contributed by atoms with Gasteiger partial charge in [0, 0.05) is 67.5 Å². The van der Waals surface area contributed by atoms with Gasteiger partial charge < -0.3 is 20.1 Å². The van der Waals surface area contributed by atoms with Crippen LogP contribution in [0.3, 0.4) is 0 Å². The largest absolute Gasteiger partial charge is 0.476 e. The third-order valence-electron chi connectivity index (χ3n) is 7.61. The highest BCUT2D eigenvalue weighted by atomic mass is 19.3. The van der Waals surface area contributed by atoms with Crippen LogP contribution < -0.4 is 10.1 Å². The lowest BCUT2D eigenvalue weighted by molar-refractivity contribution is -0.174. The molecule has 4 aromatic rings. The second-order valence-corrected chi connectivity index (χ2v) is 11.1. The first-order chi connectivity index (χ1) is 19.7. The zero-order valence-electron chi connectivity index (χ0n) is 23.0. The van der Waals surface area contributed by atoms with E-state index in [0.717, 1.165) is 40.0 Å². The van der Waals surface area contributed by atoms with Crippen LogP contribution in [0.5, 0.6) is 5.88 Å². The molecule has 0 saturated heterocycles. The Kier molecular flexibility index (Phi) is 7.41. The number of nitrogens with zero attached hydrogens (tertiary/aromatic N) is 5. The van der Waals surface area contributed by atoms with Crippen molar-refractivity contribution in [3.63, 3.8) is 0 Å². The highest BCUT2D eigenvalue weighted by Crippen LogP contribution is 2.45. The molecule has 41 heavy (non-hydrogen) atoms. The number of benzene rings is 2. The Balaban J connectivity index is 1.22. The highest BCUT2D eigenvalue weighted by Gasteiger charge is 2.50. The summed E-state index contributed by atoms with van der Waals surface area (Å²) in [6, 6.07) is 15.7. The minimum Gasteiger partial charge on any atom is -0.476 e. The van der Waals surface area contributed by atoms with Crippen LogP contribution in [0.4, 0.5) is 20.3 Å². The normalized spacial score (nSPS) is 17.3. The van der Waals surface area contributed by atoms with Gasteiger partial charge in [0.2, 0.25) is 11.8 Å². The molecule has 1 aliphatic heterocycles. The third-order valence-corrected chi connectivity index (χ3v) is 7.61. The first kappa shape index (κ1) is 27.3. The van der Waals surface area contributed by atoms with Crippen LogP contribution in [0.15, 0.2) is 60.9 Å². The molecule has 214 valence electrons. The smallest absolute Gasteiger partial charge is 0.249 e. The summed E-state index contributed by atoms with van der Waals surface area (Å²) in [7, 11) is 3.96. The fraction of sp³-hybridized carbons (Fsp3) is 0.367. The number of likely N-dealkylation sites (N-methyl/N-ethyl adjacent to an activating group) is 1. The van der Waals surface area contributed by atoms with Crippen LogP contribution in [-0.4, -0.2) is 74.5 Å². The van der Waals surface area contributed by atoms with Crippen LogP contribution in [0.25, 0.3) is 22.5 Å². The number of alkyl halides is 2. The van der Waals surface area contributed by atoms with Crippen LogP contribution >= 0.6 is 0 Å². The number of ether oxygens (including phenoxy) is 1.